The van der Waals surface area contributed by atoms with Gasteiger partial charge >= 0.3 is 0 Å². The van der Waals surface area contributed by atoms with E-state index in [0.29, 0.717) is 5.75 Å². The quantitative estimate of drug-likeness (QED) is 0.478. The number of rotatable bonds is 9. The van der Waals surface area contributed by atoms with Crippen molar-refractivity contribution in [2.75, 3.05) is 10.6 Å². The highest BCUT2D eigenvalue weighted by atomic mass is 32.2. The zero-order chi connectivity index (χ0) is 22.5. The molecule has 0 aliphatic carbocycles. The second-order valence-electron chi connectivity index (χ2n) is 7.04. The minimum absolute atomic E-state index is 0.0459. The highest BCUT2D eigenvalue weighted by Gasteiger charge is 2.29. The van der Waals surface area contributed by atoms with Gasteiger partial charge in [-0.05, 0) is 44.5 Å². The Bertz CT molecular complexity index is 1010. The Kier molecular flexibility index (Phi) is 7.38. The summed E-state index contributed by atoms with van der Waals surface area (Å²) in [6.45, 7) is 5.46. The molecule has 0 unspecified atom stereocenters. The molecule has 0 aliphatic heterocycles. The largest absolute Gasteiger partial charge is 0.491 e. The van der Waals surface area contributed by atoms with Crippen molar-refractivity contribution in [3.63, 3.8) is 0 Å². The standard InChI is InChI=1S/C20H25N3O6S/c1-14(2)29-19-10-8-16(9-11-19)13-21-20(24)15(3)22(30(4,27)28)17-6-5-7-18(12-17)23(25)26/h5-12,14-15H,13H2,1-4H3,(H,21,24)/t15-/m0/s1. The number of nitrogens with zero attached hydrogens (tertiary/aromatic N) is 2. The molecule has 0 spiro atoms. The van der Waals surface area contributed by atoms with Gasteiger partial charge in [-0.2, -0.15) is 0 Å². The van der Waals surface area contributed by atoms with Crippen LogP contribution < -0.4 is 14.4 Å². The number of nitrogens with one attached hydrogen (secondary N) is 1. The van der Waals surface area contributed by atoms with Gasteiger partial charge in [0, 0.05) is 18.7 Å². The van der Waals surface area contributed by atoms with Crippen LogP contribution in [0.2, 0.25) is 0 Å². The van der Waals surface area contributed by atoms with E-state index in [4.69, 9.17) is 4.74 Å². The van der Waals surface area contributed by atoms with Crippen molar-refractivity contribution in [3.05, 3.63) is 64.2 Å². The molecule has 0 aliphatic rings. The Hall–Kier alpha value is -3.14. The van der Waals surface area contributed by atoms with Gasteiger partial charge in [-0.3, -0.25) is 19.2 Å². The molecule has 0 fully saturated rings. The lowest BCUT2D eigenvalue weighted by Crippen LogP contribution is -2.47. The normalized spacial score (nSPS) is 12.3. The van der Waals surface area contributed by atoms with Crippen LogP contribution in [-0.2, 0) is 21.4 Å². The van der Waals surface area contributed by atoms with E-state index in [0.717, 1.165) is 22.2 Å². The van der Waals surface area contributed by atoms with Gasteiger partial charge in [0.25, 0.3) is 5.69 Å². The molecule has 1 atom stereocenters. The molecule has 0 bridgehead atoms. The van der Waals surface area contributed by atoms with Crippen LogP contribution in [0.4, 0.5) is 11.4 Å². The third kappa shape index (κ3) is 6.18. The number of nitro benzene ring substituents is 1. The van der Waals surface area contributed by atoms with Gasteiger partial charge < -0.3 is 10.1 Å². The van der Waals surface area contributed by atoms with E-state index in [9.17, 15) is 23.3 Å². The number of amides is 1. The Morgan fingerprint density at radius 2 is 1.80 bits per heavy atom. The number of ether oxygens (including phenoxy) is 1. The van der Waals surface area contributed by atoms with Gasteiger partial charge in [0.15, 0.2) is 0 Å². The number of carbonyl (C=O) groups excluding carboxylic acids is 1. The van der Waals surface area contributed by atoms with E-state index < -0.39 is 26.9 Å². The average molecular weight is 436 g/mol. The number of hydrogen-bond donors (Lipinski definition) is 1. The fourth-order valence-electron chi connectivity index (χ4n) is 2.85. The third-order valence-electron chi connectivity index (χ3n) is 4.15. The minimum Gasteiger partial charge on any atom is -0.491 e. The first-order valence-electron chi connectivity index (χ1n) is 9.26. The Balaban J connectivity index is 2.14. The number of carbonyl (C=O) groups is 1. The zero-order valence-corrected chi connectivity index (χ0v) is 18.0. The van der Waals surface area contributed by atoms with Crippen molar-refractivity contribution in [2.24, 2.45) is 0 Å². The molecule has 0 radical (unpaired) electrons. The van der Waals surface area contributed by atoms with Crippen LogP contribution in [0.3, 0.4) is 0 Å². The SMILES string of the molecule is CC(C)Oc1ccc(CNC(=O)[C@H](C)N(c2cccc([N+](=O)[O-])c2)S(C)(=O)=O)cc1. The number of sulfonamides is 1. The van der Waals surface area contributed by atoms with Crippen molar-refractivity contribution < 1.29 is 22.9 Å². The topological polar surface area (TPSA) is 119 Å². The molecule has 0 saturated heterocycles. The van der Waals surface area contributed by atoms with Gasteiger partial charge in [0.05, 0.1) is 23.0 Å². The van der Waals surface area contributed by atoms with Crippen molar-refractivity contribution in [1.29, 1.82) is 0 Å². The summed E-state index contributed by atoms with van der Waals surface area (Å²) < 4.78 is 31.1. The highest BCUT2D eigenvalue weighted by molar-refractivity contribution is 7.92. The van der Waals surface area contributed by atoms with Crippen LogP contribution in [-0.4, -0.2) is 37.6 Å². The second kappa shape index (κ2) is 9.57. The van der Waals surface area contributed by atoms with Gasteiger partial charge in [-0.1, -0.05) is 18.2 Å². The van der Waals surface area contributed by atoms with Crippen LogP contribution in [0, 0.1) is 10.1 Å². The molecule has 0 saturated carbocycles. The van der Waals surface area contributed by atoms with Crippen LogP contribution >= 0.6 is 0 Å². The molecule has 30 heavy (non-hydrogen) atoms. The molecule has 9 nitrogen and oxygen atoms in total. The summed E-state index contributed by atoms with van der Waals surface area (Å²) in [6, 6.07) is 11.2. The minimum atomic E-state index is -3.87. The summed E-state index contributed by atoms with van der Waals surface area (Å²) in [5.41, 5.74) is 0.593. The van der Waals surface area contributed by atoms with E-state index in [-0.39, 0.29) is 24.0 Å². The number of non-ortho nitro benzene ring substituents is 1. The third-order valence-corrected chi connectivity index (χ3v) is 5.39. The summed E-state index contributed by atoms with van der Waals surface area (Å²) in [7, 11) is -3.87. The average Bonchev–Trinajstić information content (AvgIpc) is 2.66. The van der Waals surface area contributed by atoms with Crippen LogP contribution in [0.5, 0.6) is 5.75 Å². The van der Waals surface area contributed by atoms with Crippen LogP contribution in [0.25, 0.3) is 0 Å². The molecule has 0 aromatic heterocycles. The fraction of sp³-hybridized carbons (Fsp3) is 0.350. The summed E-state index contributed by atoms with van der Waals surface area (Å²) in [5, 5.41) is 13.7. The summed E-state index contributed by atoms with van der Waals surface area (Å²) >= 11 is 0. The molecule has 1 N–H and O–H groups in total. The van der Waals surface area contributed by atoms with E-state index in [1.165, 1.54) is 25.1 Å². The van der Waals surface area contributed by atoms with E-state index >= 15 is 0 Å². The lowest BCUT2D eigenvalue weighted by molar-refractivity contribution is -0.384. The predicted octanol–water partition coefficient (Wildman–Crippen LogP) is 2.85. The van der Waals surface area contributed by atoms with E-state index in [1.54, 1.807) is 24.3 Å². The molecule has 2 aromatic carbocycles. The van der Waals surface area contributed by atoms with Crippen molar-refractivity contribution >= 4 is 27.3 Å². The van der Waals surface area contributed by atoms with Gasteiger partial charge in [-0.15, -0.1) is 0 Å². The van der Waals surface area contributed by atoms with Crippen molar-refractivity contribution in [3.8, 4) is 5.75 Å². The molecule has 2 rings (SSSR count). The fourth-order valence-corrected chi connectivity index (χ4v) is 4.01. The van der Waals surface area contributed by atoms with Crippen molar-refractivity contribution in [1.82, 2.24) is 5.32 Å². The van der Waals surface area contributed by atoms with Crippen LogP contribution in [0.15, 0.2) is 48.5 Å². The maximum Gasteiger partial charge on any atom is 0.271 e. The first-order valence-corrected chi connectivity index (χ1v) is 11.1. The number of nitro groups is 1. The summed E-state index contributed by atoms with van der Waals surface area (Å²) in [5.74, 6) is 0.178. The zero-order valence-electron chi connectivity index (χ0n) is 17.2. The Labute approximate surface area is 175 Å². The molecule has 2 aromatic rings. The highest BCUT2D eigenvalue weighted by Crippen LogP contribution is 2.25. The molecule has 0 heterocycles. The first kappa shape index (κ1) is 23.1. The maximum absolute atomic E-state index is 12.6. The molecule has 162 valence electrons. The number of hydrogen-bond acceptors (Lipinski definition) is 6. The Morgan fingerprint density at radius 3 is 2.33 bits per heavy atom. The van der Waals surface area contributed by atoms with Gasteiger partial charge in [-0.25, -0.2) is 8.42 Å². The van der Waals surface area contributed by atoms with Gasteiger partial charge in [0.1, 0.15) is 11.8 Å². The smallest absolute Gasteiger partial charge is 0.271 e. The molecular weight excluding hydrogens is 410 g/mol. The second-order valence-corrected chi connectivity index (χ2v) is 8.90. The van der Waals surface area contributed by atoms with E-state index in [1.807, 2.05) is 13.8 Å². The number of anilines is 1. The lowest BCUT2D eigenvalue weighted by atomic mass is 10.2. The molecule has 10 heteroatoms. The van der Waals surface area contributed by atoms with E-state index in [2.05, 4.69) is 5.32 Å². The summed E-state index contributed by atoms with van der Waals surface area (Å²) in [6.07, 6.45) is 0.996. The van der Waals surface area contributed by atoms with Crippen molar-refractivity contribution in [2.45, 2.75) is 39.5 Å². The summed E-state index contributed by atoms with van der Waals surface area (Å²) in [4.78, 5) is 23.0. The van der Waals surface area contributed by atoms with Gasteiger partial charge in [0.2, 0.25) is 15.9 Å². The predicted molar refractivity (Wildman–Crippen MR) is 114 cm³/mol. The van der Waals surface area contributed by atoms with Crippen LogP contribution in [0.1, 0.15) is 26.3 Å². The monoisotopic (exact) mass is 435 g/mol. The lowest BCUT2D eigenvalue weighted by Gasteiger charge is -2.28. The molecule has 1 amide bonds. The number of benzene rings is 2. The molecular formula is C20H25N3O6S. The first-order chi connectivity index (χ1) is 14.0. The maximum atomic E-state index is 12.6. The Morgan fingerprint density at radius 1 is 1.17 bits per heavy atom.